The summed E-state index contributed by atoms with van der Waals surface area (Å²) in [6.07, 6.45) is 0.197. The average Bonchev–Trinajstić information content (AvgIpc) is 2.65. The molecule has 3 heteroatoms. The molecule has 1 aromatic rings. The van der Waals surface area contributed by atoms with Crippen molar-refractivity contribution >= 4 is 23.2 Å². The molecule has 1 saturated carbocycles. The number of benzene rings is 1. The average molecular weight is 287 g/mol. The van der Waals surface area contributed by atoms with Crippen molar-refractivity contribution in [3.63, 3.8) is 0 Å². The van der Waals surface area contributed by atoms with Gasteiger partial charge in [0.25, 0.3) is 0 Å². The second-order valence-corrected chi connectivity index (χ2v) is 7.19. The van der Waals surface area contributed by atoms with E-state index in [1.807, 2.05) is 12.1 Å². The lowest BCUT2D eigenvalue weighted by molar-refractivity contribution is 0.129. The molecule has 0 radical (unpaired) electrons. The summed E-state index contributed by atoms with van der Waals surface area (Å²) >= 11 is 12.2. The molecular formula is C15H20Cl2O. The Balaban J connectivity index is 2.14. The highest BCUT2D eigenvalue weighted by atomic mass is 35.5. The molecular weight excluding hydrogens is 267 g/mol. The second kappa shape index (κ2) is 4.40. The van der Waals surface area contributed by atoms with Crippen molar-refractivity contribution in [2.75, 3.05) is 0 Å². The van der Waals surface area contributed by atoms with E-state index in [2.05, 4.69) is 27.7 Å². The molecule has 1 unspecified atom stereocenters. The summed E-state index contributed by atoms with van der Waals surface area (Å²) in [5.74, 6) is 0.306. The van der Waals surface area contributed by atoms with Gasteiger partial charge in [0, 0.05) is 6.42 Å². The van der Waals surface area contributed by atoms with Crippen molar-refractivity contribution in [1.82, 2.24) is 0 Å². The highest BCUT2D eigenvalue weighted by Gasteiger charge is 2.66. The van der Waals surface area contributed by atoms with Crippen LogP contribution in [0.2, 0.25) is 10.0 Å². The first-order valence-corrected chi connectivity index (χ1v) is 7.06. The molecule has 0 heterocycles. The highest BCUT2D eigenvalue weighted by Crippen LogP contribution is 2.69. The number of hydrogen-bond donors (Lipinski definition) is 1. The largest absolute Gasteiger partial charge is 0.392 e. The van der Waals surface area contributed by atoms with Gasteiger partial charge in [0.1, 0.15) is 0 Å². The standard InChI is InChI=1S/C15H20Cl2O/c1-14(2)13(15(14,3)4)11(18)8-9-6-5-7-10(16)12(9)17/h5-7,11,13,18H,8H2,1-4H3. The minimum Gasteiger partial charge on any atom is -0.392 e. The molecule has 100 valence electrons. The van der Waals surface area contributed by atoms with Gasteiger partial charge in [-0.05, 0) is 28.4 Å². The fourth-order valence-electron chi connectivity index (χ4n) is 3.26. The van der Waals surface area contributed by atoms with Gasteiger partial charge in [-0.2, -0.15) is 0 Å². The zero-order valence-electron chi connectivity index (χ0n) is 11.3. The fourth-order valence-corrected chi connectivity index (χ4v) is 3.66. The van der Waals surface area contributed by atoms with E-state index in [0.29, 0.717) is 22.4 Å². The van der Waals surface area contributed by atoms with Gasteiger partial charge in [0.15, 0.2) is 0 Å². The minimum atomic E-state index is -0.369. The van der Waals surface area contributed by atoms with E-state index in [1.54, 1.807) is 6.07 Å². The minimum absolute atomic E-state index is 0.178. The molecule has 1 aromatic carbocycles. The first-order valence-electron chi connectivity index (χ1n) is 6.30. The number of aliphatic hydroxyl groups is 1. The summed E-state index contributed by atoms with van der Waals surface area (Å²) in [6, 6.07) is 5.57. The Kier molecular flexibility index (Phi) is 3.46. The van der Waals surface area contributed by atoms with Crippen LogP contribution in [-0.2, 0) is 6.42 Å². The van der Waals surface area contributed by atoms with E-state index in [4.69, 9.17) is 23.2 Å². The Morgan fingerprint density at radius 1 is 1.17 bits per heavy atom. The predicted octanol–water partition coefficient (Wildman–Crippen LogP) is 4.58. The lowest BCUT2D eigenvalue weighted by Gasteiger charge is -2.14. The second-order valence-electron chi connectivity index (χ2n) is 6.41. The summed E-state index contributed by atoms with van der Waals surface area (Å²) in [7, 11) is 0. The summed E-state index contributed by atoms with van der Waals surface area (Å²) < 4.78 is 0. The van der Waals surface area contributed by atoms with Crippen LogP contribution in [0.15, 0.2) is 18.2 Å². The predicted molar refractivity (Wildman–Crippen MR) is 77.2 cm³/mol. The van der Waals surface area contributed by atoms with Gasteiger partial charge < -0.3 is 5.11 Å². The van der Waals surface area contributed by atoms with Crippen LogP contribution >= 0.6 is 23.2 Å². The Morgan fingerprint density at radius 2 is 1.72 bits per heavy atom. The Morgan fingerprint density at radius 3 is 2.22 bits per heavy atom. The topological polar surface area (TPSA) is 20.2 Å². The fraction of sp³-hybridized carbons (Fsp3) is 0.600. The van der Waals surface area contributed by atoms with Gasteiger partial charge in [-0.3, -0.25) is 0 Å². The molecule has 1 fully saturated rings. The van der Waals surface area contributed by atoms with E-state index in [-0.39, 0.29) is 16.9 Å². The van der Waals surface area contributed by atoms with Gasteiger partial charge in [0.05, 0.1) is 16.1 Å². The number of rotatable bonds is 3. The highest BCUT2D eigenvalue weighted by molar-refractivity contribution is 6.42. The van der Waals surface area contributed by atoms with Gasteiger partial charge in [0.2, 0.25) is 0 Å². The van der Waals surface area contributed by atoms with Crippen molar-refractivity contribution in [2.24, 2.45) is 16.7 Å². The molecule has 1 aliphatic carbocycles. The maximum absolute atomic E-state index is 10.4. The lowest BCUT2D eigenvalue weighted by Crippen LogP contribution is -2.17. The zero-order valence-corrected chi connectivity index (χ0v) is 12.8. The molecule has 0 bridgehead atoms. The van der Waals surface area contributed by atoms with E-state index >= 15 is 0 Å². The van der Waals surface area contributed by atoms with Crippen molar-refractivity contribution in [3.05, 3.63) is 33.8 Å². The molecule has 0 amide bonds. The molecule has 1 aliphatic rings. The van der Waals surface area contributed by atoms with Crippen LogP contribution in [0.25, 0.3) is 0 Å². The Bertz CT molecular complexity index is 452. The molecule has 0 aliphatic heterocycles. The maximum Gasteiger partial charge on any atom is 0.0625 e. The van der Waals surface area contributed by atoms with Crippen molar-refractivity contribution in [3.8, 4) is 0 Å². The van der Waals surface area contributed by atoms with Crippen LogP contribution in [0, 0.1) is 16.7 Å². The molecule has 0 saturated heterocycles. The zero-order chi connectivity index (χ0) is 13.7. The summed E-state index contributed by atoms with van der Waals surface area (Å²) in [5.41, 5.74) is 1.28. The van der Waals surface area contributed by atoms with Crippen LogP contribution in [0.4, 0.5) is 0 Å². The number of hydrogen-bond acceptors (Lipinski definition) is 1. The monoisotopic (exact) mass is 286 g/mol. The third-order valence-corrected chi connectivity index (χ3v) is 5.84. The third-order valence-electron chi connectivity index (χ3n) is 4.98. The summed E-state index contributed by atoms with van der Waals surface area (Å²) in [4.78, 5) is 0. The molecule has 2 rings (SSSR count). The molecule has 1 atom stereocenters. The number of halogens is 2. The normalized spacial score (nSPS) is 22.8. The van der Waals surface area contributed by atoms with E-state index in [0.717, 1.165) is 5.56 Å². The van der Waals surface area contributed by atoms with E-state index < -0.39 is 0 Å². The molecule has 1 nitrogen and oxygen atoms in total. The van der Waals surface area contributed by atoms with Crippen LogP contribution in [0.5, 0.6) is 0 Å². The molecule has 1 N–H and O–H groups in total. The van der Waals surface area contributed by atoms with Crippen molar-refractivity contribution in [2.45, 2.75) is 40.2 Å². The molecule has 18 heavy (non-hydrogen) atoms. The van der Waals surface area contributed by atoms with E-state index in [1.165, 1.54) is 0 Å². The van der Waals surface area contributed by atoms with Gasteiger partial charge in [-0.15, -0.1) is 0 Å². The van der Waals surface area contributed by atoms with Gasteiger partial charge in [-0.25, -0.2) is 0 Å². The SMILES string of the molecule is CC1(C)C(C(O)Cc2cccc(Cl)c2Cl)C1(C)C. The van der Waals surface area contributed by atoms with Crippen LogP contribution in [0.1, 0.15) is 33.3 Å². The maximum atomic E-state index is 10.4. The van der Waals surface area contributed by atoms with Crippen LogP contribution < -0.4 is 0 Å². The Labute approximate surface area is 119 Å². The van der Waals surface area contributed by atoms with E-state index in [9.17, 15) is 5.11 Å². The number of aliphatic hydroxyl groups excluding tert-OH is 1. The first-order chi connectivity index (χ1) is 8.19. The molecule has 0 spiro atoms. The van der Waals surface area contributed by atoms with Crippen molar-refractivity contribution < 1.29 is 5.11 Å². The first kappa shape index (κ1) is 14.2. The molecule has 0 aromatic heterocycles. The summed E-state index contributed by atoms with van der Waals surface area (Å²) in [5, 5.41) is 11.5. The van der Waals surface area contributed by atoms with Crippen molar-refractivity contribution in [1.29, 1.82) is 0 Å². The van der Waals surface area contributed by atoms with Crippen LogP contribution in [0.3, 0.4) is 0 Å². The Hall–Kier alpha value is -0.240. The van der Waals surface area contributed by atoms with Crippen LogP contribution in [-0.4, -0.2) is 11.2 Å². The van der Waals surface area contributed by atoms with Gasteiger partial charge >= 0.3 is 0 Å². The lowest BCUT2D eigenvalue weighted by atomic mass is 9.99. The van der Waals surface area contributed by atoms with Gasteiger partial charge in [-0.1, -0.05) is 63.0 Å². The summed E-state index contributed by atoms with van der Waals surface area (Å²) in [6.45, 7) is 8.84. The smallest absolute Gasteiger partial charge is 0.0625 e. The quantitative estimate of drug-likeness (QED) is 0.862. The third kappa shape index (κ3) is 2.07.